The molecular formula is C23H27N5. The van der Waals surface area contributed by atoms with Gasteiger partial charge in [-0.15, -0.1) is 0 Å². The fourth-order valence-electron chi connectivity index (χ4n) is 3.99. The van der Waals surface area contributed by atoms with Crippen LogP contribution in [0.4, 0.5) is 5.82 Å². The zero-order valence-corrected chi connectivity index (χ0v) is 16.6. The van der Waals surface area contributed by atoms with Gasteiger partial charge in [0.05, 0.1) is 17.6 Å². The highest BCUT2D eigenvalue weighted by atomic mass is 15.1. The number of benzene rings is 1. The maximum absolute atomic E-state index is 4.96. The molecule has 2 aromatic heterocycles. The minimum absolute atomic E-state index is 0.477. The topological polar surface area (TPSA) is 53.9 Å². The first-order chi connectivity index (χ1) is 13.7. The van der Waals surface area contributed by atoms with Crippen LogP contribution in [-0.2, 0) is 6.54 Å². The molecule has 0 radical (unpaired) electrons. The van der Waals surface area contributed by atoms with Crippen molar-refractivity contribution in [2.45, 2.75) is 32.2 Å². The van der Waals surface area contributed by atoms with Gasteiger partial charge in [-0.1, -0.05) is 30.3 Å². The Morgan fingerprint density at radius 3 is 2.68 bits per heavy atom. The van der Waals surface area contributed by atoms with Crippen molar-refractivity contribution in [1.29, 1.82) is 0 Å². The molecule has 3 heterocycles. The van der Waals surface area contributed by atoms with Crippen LogP contribution in [0.2, 0.25) is 0 Å². The maximum atomic E-state index is 4.96. The Bertz CT molecular complexity index is 932. The molecule has 1 aromatic carbocycles. The maximum Gasteiger partial charge on any atom is 0.130 e. The summed E-state index contributed by atoms with van der Waals surface area (Å²) in [5.41, 5.74) is 5.76. The molecule has 1 aliphatic heterocycles. The van der Waals surface area contributed by atoms with Crippen molar-refractivity contribution in [1.82, 2.24) is 19.9 Å². The quantitative estimate of drug-likeness (QED) is 0.724. The predicted octanol–water partition coefficient (Wildman–Crippen LogP) is 4.27. The van der Waals surface area contributed by atoms with E-state index >= 15 is 0 Å². The molecule has 0 atom stereocenters. The smallest absolute Gasteiger partial charge is 0.130 e. The van der Waals surface area contributed by atoms with Gasteiger partial charge in [0.15, 0.2) is 0 Å². The molecule has 5 heteroatoms. The SMILES string of the molecule is CNc1ncccc1CN1CCC(c2cncc(-c3ccccc3C)n2)CC1. The van der Waals surface area contributed by atoms with Gasteiger partial charge in [-0.25, -0.2) is 9.97 Å². The number of anilines is 1. The van der Waals surface area contributed by atoms with Gasteiger partial charge in [-0.05, 0) is 44.5 Å². The Kier molecular flexibility index (Phi) is 5.63. The van der Waals surface area contributed by atoms with Crippen LogP contribution in [0.1, 0.15) is 35.6 Å². The standard InChI is InChI=1S/C23H27N5/c1-17-6-3-4-8-20(17)22-15-25-14-21(27-22)18-9-12-28(13-10-18)16-19-7-5-11-26-23(19)24-2/h3-8,11,14-15,18H,9-10,12-13,16H2,1-2H3,(H,24,26). The molecule has 0 amide bonds. The lowest BCUT2D eigenvalue weighted by atomic mass is 9.93. The number of piperidine rings is 1. The van der Waals surface area contributed by atoms with E-state index in [0.717, 1.165) is 49.7 Å². The van der Waals surface area contributed by atoms with Gasteiger partial charge in [0.1, 0.15) is 5.82 Å². The highest BCUT2D eigenvalue weighted by Gasteiger charge is 2.23. The van der Waals surface area contributed by atoms with Crippen LogP contribution in [0.5, 0.6) is 0 Å². The Balaban J connectivity index is 1.43. The molecule has 1 saturated heterocycles. The van der Waals surface area contributed by atoms with E-state index in [0.29, 0.717) is 5.92 Å². The molecule has 1 fully saturated rings. The molecule has 3 aromatic rings. The van der Waals surface area contributed by atoms with Crippen molar-refractivity contribution in [2.75, 3.05) is 25.5 Å². The molecule has 4 rings (SSSR count). The van der Waals surface area contributed by atoms with E-state index in [1.807, 2.05) is 31.7 Å². The van der Waals surface area contributed by atoms with E-state index in [1.54, 1.807) is 0 Å². The molecule has 1 N–H and O–H groups in total. The Morgan fingerprint density at radius 1 is 1.07 bits per heavy atom. The average Bonchev–Trinajstić information content (AvgIpc) is 2.75. The van der Waals surface area contributed by atoms with Gasteiger partial charge in [-0.2, -0.15) is 0 Å². The van der Waals surface area contributed by atoms with Crippen LogP contribution in [-0.4, -0.2) is 40.0 Å². The zero-order chi connectivity index (χ0) is 19.3. The van der Waals surface area contributed by atoms with Gasteiger partial charge in [-0.3, -0.25) is 9.88 Å². The lowest BCUT2D eigenvalue weighted by Crippen LogP contribution is -2.33. The largest absolute Gasteiger partial charge is 0.373 e. The summed E-state index contributed by atoms with van der Waals surface area (Å²) >= 11 is 0. The zero-order valence-electron chi connectivity index (χ0n) is 16.6. The minimum Gasteiger partial charge on any atom is -0.373 e. The normalized spacial score (nSPS) is 15.5. The van der Waals surface area contributed by atoms with Crippen molar-refractivity contribution in [3.8, 4) is 11.3 Å². The van der Waals surface area contributed by atoms with Gasteiger partial charge in [0, 0.05) is 43.0 Å². The molecule has 1 aliphatic rings. The monoisotopic (exact) mass is 373 g/mol. The fourth-order valence-corrected chi connectivity index (χ4v) is 3.99. The number of nitrogens with one attached hydrogen (secondary N) is 1. The average molecular weight is 374 g/mol. The third-order valence-electron chi connectivity index (χ3n) is 5.60. The van der Waals surface area contributed by atoms with Crippen LogP contribution in [0.3, 0.4) is 0 Å². The summed E-state index contributed by atoms with van der Waals surface area (Å²) in [7, 11) is 1.93. The van der Waals surface area contributed by atoms with Gasteiger partial charge in [0.25, 0.3) is 0 Å². The first-order valence-electron chi connectivity index (χ1n) is 9.96. The molecule has 28 heavy (non-hydrogen) atoms. The predicted molar refractivity (Wildman–Crippen MR) is 113 cm³/mol. The number of aromatic nitrogens is 3. The Labute approximate surface area is 166 Å². The number of hydrogen-bond acceptors (Lipinski definition) is 5. The van der Waals surface area contributed by atoms with Crippen LogP contribution in [0.25, 0.3) is 11.3 Å². The van der Waals surface area contributed by atoms with Crippen LogP contribution >= 0.6 is 0 Å². The summed E-state index contributed by atoms with van der Waals surface area (Å²) in [6.07, 6.45) is 7.88. The van der Waals surface area contributed by atoms with E-state index in [4.69, 9.17) is 4.98 Å². The van der Waals surface area contributed by atoms with Crippen molar-refractivity contribution in [2.24, 2.45) is 0 Å². The molecule has 144 valence electrons. The van der Waals surface area contributed by atoms with Crippen LogP contribution in [0.15, 0.2) is 55.0 Å². The Hall–Kier alpha value is -2.79. The molecule has 0 spiro atoms. The van der Waals surface area contributed by atoms with Gasteiger partial charge in [0.2, 0.25) is 0 Å². The summed E-state index contributed by atoms with van der Waals surface area (Å²) in [6, 6.07) is 12.5. The highest BCUT2D eigenvalue weighted by Crippen LogP contribution is 2.29. The number of hydrogen-bond donors (Lipinski definition) is 1. The second kappa shape index (κ2) is 8.48. The number of rotatable bonds is 5. The molecular weight excluding hydrogens is 346 g/mol. The van der Waals surface area contributed by atoms with Crippen molar-refractivity contribution < 1.29 is 0 Å². The second-order valence-electron chi connectivity index (χ2n) is 7.46. The van der Waals surface area contributed by atoms with Crippen LogP contribution in [0, 0.1) is 6.92 Å². The molecule has 0 unspecified atom stereocenters. The number of nitrogens with zero attached hydrogens (tertiary/aromatic N) is 4. The third-order valence-corrected chi connectivity index (χ3v) is 5.60. The third kappa shape index (κ3) is 4.04. The van der Waals surface area contributed by atoms with E-state index in [9.17, 15) is 0 Å². The van der Waals surface area contributed by atoms with Crippen molar-refractivity contribution in [3.63, 3.8) is 0 Å². The van der Waals surface area contributed by atoms with E-state index in [-0.39, 0.29) is 0 Å². The lowest BCUT2D eigenvalue weighted by Gasteiger charge is -2.32. The van der Waals surface area contributed by atoms with Crippen LogP contribution < -0.4 is 5.32 Å². The number of pyridine rings is 1. The summed E-state index contributed by atoms with van der Waals surface area (Å²) in [6.45, 7) is 5.20. The second-order valence-corrected chi connectivity index (χ2v) is 7.46. The summed E-state index contributed by atoms with van der Waals surface area (Å²) < 4.78 is 0. The number of aryl methyl sites for hydroxylation is 1. The molecule has 0 aliphatic carbocycles. The minimum atomic E-state index is 0.477. The molecule has 5 nitrogen and oxygen atoms in total. The van der Waals surface area contributed by atoms with Crippen molar-refractivity contribution >= 4 is 5.82 Å². The highest BCUT2D eigenvalue weighted by molar-refractivity contribution is 5.62. The summed E-state index contributed by atoms with van der Waals surface area (Å²) in [4.78, 5) is 16.4. The van der Waals surface area contributed by atoms with E-state index < -0.39 is 0 Å². The van der Waals surface area contributed by atoms with E-state index in [2.05, 4.69) is 57.4 Å². The van der Waals surface area contributed by atoms with Gasteiger partial charge < -0.3 is 5.32 Å². The fraction of sp³-hybridized carbons (Fsp3) is 0.348. The first kappa shape index (κ1) is 18.6. The number of likely N-dealkylation sites (tertiary alicyclic amines) is 1. The Morgan fingerprint density at radius 2 is 1.89 bits per heavy atom. The van der Waals surface area contributed by atoms with E-state index in [1.165, 1.54) is 16.7 Å². The first-order valence-corrected chi connectivity index (χ1v) is 9.96. The van der Waals surface area contributed by atoms with Gasteiger partial charge >= 0.3 is 0 Å². The molecule has 0 saturated carbocycles. The lowest BCUT2D eigenvalue weighted by molar-refractivity contribution is 0.203. The van der Waals surface area contributed by atoms with Crippen molar-refractivity contribution in [3.05, 3.63) is 71.8 Å². The summed E-state index contributed by atoms with van der Waals surface area (Å²) in [5.74, 6) is 1.45. The molecule has 0 bridgehead atoms. The summed E-state index contributed by atoms with van der Waals surface area (Å²) in [5, 5.41) is 3.19.